The van der Waals surface area contributed by atoms with E-state index >= 15 is 0 Å². The Hall–Kier alpha value is -3.16. The first-order valence-corrected chi connectivity index (χ1v) is 13.9. The Morgan fingerprint density at radius 2 is 1.76 bits per heavy atom. The number of nitrogens with two attached hydrogens (primary N) is 1. The fourth-order valence-corrected chi connectivity index (χ4v) is 7.57. The molecule has 3 fully saturated rings. The zero-order valence-electron chi connectivity index (χ0n) is 23.7. The number of fused-ring (bicyclic) bond motifs is 3. The molecular weight excluding hydrogens is 559 g/mol. The van der Waals surface area contributed by atoms with Crippen LogP contribution in [0.25, 0.3) is 0 Å². The molecule has 4 aliphatic rings. The molecular formula is C29H34F3N3O7. The number of amides is 1. The maximum atomic E-state index is 14.7. The number of carbonyl (C=O) groups is 5. The van der Waals surface area contributed by atoms with Crippen molar-refractivity contribution in [1.29, 1.82) is 0 Å². The van der Waals surface area contributed by atoms with E-state index in [-0.39, 0.29) is 24.6 Å². The summed E-state index contributed by atoms with van der Waals surface area (Å²) >= 11 is 0. The van der Waals surface area contributed by atoms with E-state index in [4.69, 9.17) is 5.73 Å². The number of aromatic hydroxyl groups is 1. The fraction of sp³-hybridized carbons (Fsp3) is 0.621. The molecule has 1 aromatic carbocycles. The third-order valence-electron chi connectivity index (χ3n) is 9.85. The number of hydrogen-bond acceptors (Lipinski definition) is 9. The fourth-order valence-electron chi connectivity index (χ4n) is 7.57. The largest absolute Gasteiger partial charge is 0.507 e. The van der Waals surface area contributed by atoms with Crippen LogP contribution < -0.4 is 5.73 Å². The molecule has 5 rings (SSSR count). The molecule has 2 unspecified atom stereocenters. The second kappa shape index (κ2) is 9.95. The third kappa shape index (κ3) is 4.39. The maximum Gasteiger partial charge on any atom is 0.417 e. The SMILES string of the molecule is C[C@H](C1CC1)N(C)Cc1cc(O)c2c(c1C(F)(F)F)C[C@H]1C[C@H]3[C@H](N(C)C)C(=O)C(C(N)=O)C(=O)[C@@]3(O)C(=O)C1C2=O. The van der Waals surface area contributed by atoms with Crippen molar-refractivity contribution < 1.29 is 47.4 Å². The number of carbonyl (C=O) groups excluding carboxylic acids is 5. The van der Waals surface area contributed by atoms with Gasteiger partial charge in [0.25, 0.3) is 0 Å². The molecule has 4 aliphatic carbocycles. The number of hydrogen-bond donors (Lipinski definition) is 3. The lowest BCUT2D eigenvalue weighted by Crippen LogP contribution is -2.74. The summed E-state index contributed by atoms with van der Waals surface area (Å²) in [7, 11) is 4.55. The number of primary amides is 1. The molecule has 7 atom stereocenters. The van der Waals surface area contributed by atoms with Gasteiger partial charge in [0.2, 0.25) is 5.91 Å². The van der Waals surface area contributed by atoms with Gasteiger partial charge in [0.1, 0.15) is 5.75 Å². The highest BCUT2D eigenvalue weighted by Gasteiger charge is 2.69. The molecule has 1 aromatic rings. The number of nitrogens with zero attached hydrogens (tertiary/aromatic N) is 2. The van der Waals surface area contributed by atoms with Crippen LogP contribution in [0.15, 0.2) is 6.07 Å². The molecule has 10 nitrogen and oxygen atoms in total. The molecule has 0 heterocycles. The monoisotopic (exact) mass is 593 g/mol. The van der Waals surface area contributed by atoms with Crippen LogP contribution in [0.3, 0.4) is 0 Å². The first kappa shape index (κ1) is 30.3. The summed E-state index contributed by atoms with van der Waals surface area (Å²) in [5.41, 5.74) is -0.0352. The van der Waals surface area contributed by atoms with Gasteiger partial charge in [-0.25, -0.2) is 0 Å². The molecule has 0 spiro atoms. The first-order valence-electron chi connectivity index (χ1n) is 13.9. The van der Waals surface area contributed by atoms with Crippen molar-refractivity contribution in [3.05, 3.63) is 28.3 Å². The lowest BCUT2D eigenvalue weighted by Gasteiger charge is -2.52. The summed E-state index contributed by atoms with van der Waals surface area (Å²) in [6, 6.07) is -0.445. The number of phenolic OH excluding ortho intramolecular Hbond substituents is 1. The molecule has 0 aromatic heterocycles. The van der Waals surface area contributed by atoms with Crippen LogP contribution in [0.4, 0.5) is 13.2 Å². The third-order valence-corrected chi connectivity index (χ3v) is 9.85. The zero-order valence-corrected chi connectivity index (χ0v) is 23.7. The minimum Gasteiger partial charge on any atom is -0.507 e. The van der Waals surface area contributed by atoms with Crippen molar-refractivity contribution in [2.24, 2.45) is 35.3 Å². The number of alkyl halides is 3. The summed E-state index contributed by atoms with van der Waals surface area (Å²) in [6.07, 6.45) is -3.73. The maximum absolute atomic E-state index is 14.7. The van der Waals surface area contributed by atoms with Crippen LogP contribution in [0.1, 0.15) is 53.2 Å². The van der Waals surface area contributed by atoms with E-state index in [1.807, 2.05) is 6.92 Å². The predicted molar refractivity (Wildman–Crippen MR) is 140 cm³/mol. The average molecular weight is 594 g/mol. The van der Waals surface area contributed by atoms with E-state index in [0.717, 1.165) is 18.9 Å². The van der Waals surface area contributed by atoms with Gasteiger partial charge in [0, 0.05) is 18.5 Å². The number of halogens is 3. The summed E-state index contributed by atoms with van der Waals surface area (Å²) in [6.45, 7) is 1.78. The normalized spacial score (nSPS) is 32.1. The second-order valence-corrected chi connectivity index (χ2v) is 12.6. The molecule has 0 saturated heterocycles. The molecule has 42 heavy (non-hydrogen) atoms. The van der Waals surface area contributed by atoms with E-state index in [0.29, 0.717) is 5.92 Å². The lowest BCUT2D eigenvalue weighted by atomic mass is 9.52. The molecule has 0 radical (unpaired) electrons. The molecule has 13 heteroatoms. The van der Waals surface area contributed by atoms with Gasteiger partial charge in [-0.1, -0.05) is 0 Å². The number of ketones is 4. The minimum atomic E-state index is -4.90. The second-order valence-electron chi connectivity index (χ2n) is 12.6. The zero-order chi connectivity index (χ0) is 31.2. The molecule has 1 amide bonds. The topological polar surface area (TPSA) is 158 Å². The van der Waals surface area contributed by atoms with E-state index in [1.54, 1.807) is 11.9 Å². The Balaban J connectivity index is 1.63. The van der Waals surface area contributed by atoms with Crippen molar-refractivity contribution in [3.63, 3.8) is 0 Å². The van der Waals surface area contributed by atoms with E-state index in [2.05, 4.69) is 0 Å². The molecule has 3 saturated carbocycles. The number of Topliss-reactive ketones (excluding diaryl/α,β-unsaturated/α-hetero) is 4. The van der Waals surface area contributed by atoms with Gasteiger partial charge >= 0.3 is 6.18 Å². The molecule has 0 bridgehead atoms. The van der Waals surface area contributed by atoms with E-state index in [1.165, 1.54) is 19.0 Å². The van der Waals surface area contributed by atoms with E-state index < -0.39 is 99.4 Å². The van der Waals surface area contributed by atoms with Gasteiger partial charge in [-0.15, -0.1) is 0 Å². The van der Waals surface area contributed by atoms with Gasteiger partial charge in [-0.3, -0.25) is 33.8 Å². The Morgan fingerprint density at radius 1 is 1.14 bits per heavy atom. The molecule has 228 valence electrons. The van der Waals surface area contributed by atoms with Crippen LogP contribution in [0.2, 0.25) is 0 Å². The number of phenols is 1. The van der Waals surface area contributed by atoms with Gasteiger partial charge < -0.3 is 15.9 Å². The van der Waals surface area contributed by atoms with Crippen molar-refractivity contribution in [3.8, 4) is 5.75 Å². The summed E-state index contributed by atoms with van der Waals surface area (Å²) in [5, 5.41) is 22.5. The van der Waals surface area contributed by atoms with Gasteiger partial charge in [0.15, 0.2) is 34.7 Å². The van der Waals surface area contributed by atoms with Crippen molar-refractivity contribution in [2.75, 3.05) is 21.1 Å². The van der Waals surface area contributed by atoms with Crippen LogP contribution in [-0.4, -0.2) is 87.9 Å². The standard InChI is InChI=1S/C29H34F3N3O7/c1-11(12-5-6-12)35(4)10-14-9-17(36)19-15(21(14)29(30,31)32)7-13-8-16-22(34(2)3)24(38)20(27(33)41)26(40)28(16,42)25(39)18(13)23(19)37/h9,11-13,16,18,20,22,36,42H,5-8,10H2,1-4H3,(H2,33,41)/t11-,13+,16+,18?,20?,22+,28+/m1/s1. The van der Waals surface area contributed by atoms with Crippen LogP contribution in [-0.2, 0) is 38.3 Å². The Labute approximate surface area is 240 Å². The van der Waals surface area contributed by atoms with E-state index in [9.17, 15) is 47.4 Å². The number of benzene rings is 1. The highest BCUT2D eigenvalue weighted by atomic mass is 19.4. The van der Waals surface area contributed by atoms with Crippen molar-refractivity contribution >= 4 is 29.0 Å². The van der Waals surface area contributed by atoms with Crippen molar-refractivity contribution in [2.45, 2.75) is 63.0 Å². The summed E-state index contributed by atoms with van der Waals surface area (Å²) < 4.78 is 44.0. The number of aliphatic hydroxyl groups is 1. The summed E-state index contributed by atoms with van der Waals surface area (Å²) in [5.74, 6) is -13.0. The lowest BCUT2D eigenvalue weighted by molar-refractivity contribution is -0.181. The molecule has 4 N–H and O–H groups in total. The Kier molecular flexibility index (Phi) is 7.18. The van der Waals surface area contributed by atoms with Crippen molar-refractivity contribution in [1.82, 2.24) is 9.80 Å². The minimum absolute atomic E-state index is 0.00233. The van der Waals surface area contributed by atoms with Crippen LogP contribution in [0.5, 0.6) is 5.75 Å². The quantitative estimate of drug-likeness (QED) is 0.411. The van der Waals surface area contributed by atoms with Gasteiger partial charge in [-0.2, -0.15) is 13.2 Å². The highest BCUT2D eigenvalue weighted by molar-refractivity contribution is 6.32. The average Bonchev–Trinajstić information content (AvgIpc) is 3.70. The van der Waals surface area contributed by atoms with Gasteiger partial charge in [-0.05, 0) is 82.8 Å². The highest BCUT2D eigenvalue weighted by Crippen LogP contribution is 2.53. The molecule has 0 aliphatic heterocycles. The predicted octanol–water partition coefficient (Wildman–Crippen LogP) is 1.12. The summed E-state index contributed by atoms with van der Waals surface area (Å²) in [4.78, 5) is 69.3. The Bertz CT molecular complexity index is 1410. The van der Waals surface area contributed by atoms with Gasteiger partial charge in [0.05, 0.1) is 23.1 Å². The van der Waals surface area contributed by atoms with Crippen LogP contribution in [0, 0.1) is 29.6 Å². The number of likely N-dealkylation sites (N-methyl/N-ethyl adjacent to an activating group) is 1. The Morgan fingerprint density at radius 3 is 2.29 bits per heavy atom. The van der Waals surface area contributed by atoms with Crippen LogP contribution >= 0.6 is 0 Å². The smallest absolute Gasteiger partial charge is 0.417 e. The first-order chi connectivity index (χ1) is 19.4. The number of rotatable bonds is 6.